The van der Waals surface area contributed by atoms with Crippen molar-refractivity contribution in [2.45, 2.75) is 19.4 Å². The van der Waals surface area contributed by atoms with E-state index in [0.29, 0.717) is 5.56 Å². The van der Waals surface area contributed by atoms with Gasteiger partial charge in [-0.1, -0.05) is 12.1 Å². The Bertz CT molecular complexity index is 1010. The molecule has 2 aromatic carbocycles. The fourth-order valence-electron chi connectivity index (χ4n) is 2.65. The second kappa shape index (κ2) is 9.79. The number of carbonyl (C=O) groups is 2. The molecule has 30 heavy (non-hydrogen) atoms. The number of carbonyl (C=O) groups excluding carboxylic acids is 2. The summed E-state index contributed by atoms with van der Waals surface area (Å²) in [6.45, 7) is 1.53. The summed E-state index contributed by atoms with van der Waals surface area (Å²) in [4.78, 5) is 23.6. The van der Waals surface area contributed by atoms with Crippen LogP contribution in [0.3, 0.4) is 0 Å². The number of aromatic hydroxyl groups is 1. The maximum Gasteiger partial charge on any atom is 0.250 e. The molecular formula is C20H22FN5O3S. The van der Waals surface area contributed by atoms with Crippen LogP contribution < -0.4 is 22.1 Å². The molecule has 2 aromatic rings. The average Bonchev–Trinajstić information content (AvgIpc) is 2.64. The van der Waals surface area contributed by atoms with Crippen LogP contribution in [0.25, 0.3) is 0 Å². The maximum atomic E-state index is 14.6. The van der Waals surface area contributed by atoms with E-state index < -0.39 is 23.7 Å². The molecule has 0 aliphatic heterocycles. The average molecular weight is 431 g/mol. The SMILES string of the molecule is CC(=N)/C=C(\S)Nc1cc(N[C@H](Cc2ccc(O)cc2)C(N)=O)c(F)cc1C(N)=O. The highest BCUT2D eigenvalue weighted by atomic mass is 32.1. The first-order chi connectivity index (χ1) is 14.1. The van der Waals surface area contributed by atoms with Crippen molar-refractivity contribution in [3.05, 3.63) is 64.4 Å². The molecule has 0 saturated heterocycles. The molecule has 0 unspecified atom stereocenters. The van der Waals surface area contributed by atoms with Crippen molar-refractivity contribution in [2.75, 3.05) is 10.6 Å². The van der Waals surface area contributed by atoms with Gasteiger partial charge in [-0.15, -0.1) is 12.6 Å². The molecule has 10 heteroatoms. The van der Waals surface area contributed by atoms with E-state index in [-0.39, 0.29) is 39.8 Å². The van der Waals surface area contributed by atoms with Crippen LogP contribution in [0.4, 0.5) is 15.8 Å². The molecule has 0 aliphatic carbocycles. The van der Waals surface area contributed by atoms with Gasteiger partial charge in [-0.3, -0.25) is 9.59 Å². The number of nitrogens with two attached hydrogens (primary N) is 2. The molecule has 0 spiro atoms. The standard InChI is InChI=1S/C20H22FN5O3S/c1-10(22)6-18(30)26-15-9-16(14(21)8-13(15)19(23)28)25-17(20(24)29)7-11-2-4-12(27)5-3-11/h2-6,8-9,17,22,25-27,30H,7H2,1H3,(H2,23,28)(H2,24,29)/b18-6-,22-10?/t17-/m1/s1. The first-order valence-electron chi connectivity index (χ1n) is 8.76. The Morgan fingerprint density at radius 3 is 2.40 bits per heavy atom. The number of hydrogen-bond acceptors (Lipinski definition) is 7. The van der Waals surface area contributed by atoms with Gasteiger partial charge in [-0.2, -0.15) is 0 Å². The van der Waals surface area contributed by atoms with Gasteiger partial charge in [-0.05, 0) is 42.8 Å². The number of phenols is 1. The van der Waals surface area contributed by atoms with E-state index in [1.807, 2.05) is 0 Å². The summed E-state index contributed by atoms with van der Waals surface area (Å²) in [5.41, 5.74) is 11.6. The number of rotatable bonds is 9. The van der Waals surface area contributed by atoms with Crippen LogP contribution in [0.5, 0.6) is 5.75 Å². The minimum absolute atomic E-state index is 0.0712. The van der Waals surface area contributed by atoms with Gasteiger partial charge in [0.2, 0.25) is 5.91 Å². The Labute approximate surface area is 178 Å². The Morgan fingerprint density at radius 1 is 1.23 bits per heavy atom. The van der Waals surface area contributed by atoms with Crippen molar-refractivity contribution in [1.82, 2.24) is 0 Å². The van der Waals surface area contributed by atoms with Gasteiger partial charge < -0.3 is 32.6 Å². The molecule has 8 N–H and O–H groups in total. The number of primary amides is 2. The highest BCUT2D eigenvalue weighted by molar-refractivity contribution is 7.84. The molecule has 2 amide bonds. The largest absolute Gasteiger partial charge is 0.508 e. The van der Waals surface area contributed by atoms with Crippen LogP contribution >= 0.6 is 12.6 Å². The highest BCUT2D eigenvalue weighted by Gasteiger charge is 2.20. The highest BCUT2D eigenvalue weighted by Crippen LogP contribution is 2.27. The minimum Gasteiger partial charge on any atom is -0.508 e. The number of thiol groups is 1. The van der Waals surface area contributed by atoms with E-state index in [1.165, 1.54) is 31.2 Å². The first kappa shape index (κ1) is 22.8. The number of allylic oxidation sites excluding steroid dienone is 1. The molecule has 0 saturated carbocycles. The van der Waals surface area contributed by atoms with E-state index in [1.54, 1.807) is 12.1 Å². The Morgan fingerprint density at radius 2 is 1.87 bits per heavy atom. The molecule has 0 heterocycles. The fraction of sp³-hybridized carbons (Fsp3) is 0.150. The Balaban J connectivity index is 2.37. The molecule has 0 aliphatic rings. The molecule has 0 aromatic heterocycles. The number of halogens is 1. The second-order valence-corrected chi connectivity index (χ2v) is 7.03. The van der Waals surface area contributed by atoms with Crippen LogP contribution in [0.15, 0.2) is 47.5 Å². The molecule has 158 valence electrons. The van der Waals surface area contributed by atoms with E-state index in [0.717, 1.165) is 6.07 Å². The number of amides is 2. The summed E-state index contributed by atoms with van der Waals surface area (Å²) in [6, 6.07) is 7.39. The molecule has 8 nitrogen and oxygen atoms in total. The predicted octanol–water partition coefficient (Wildman–Crippen LogP) is 2.36. The van der Waals surface area contributed by atoms with Crippen LogP contribution in [0.2, 0.25) is 0 Å². The molecule has 0 radical (unpaired) electrons. The normalized spacial score (nSPS) is 12.2. The van der Waals surface area contributed by atoms with E-state index in [9.17, 15) is 19.1 Å². The van der Waals surface area contributed by atoms with Crippen molar-refractivity contribution in [3.63, 3.8) is 0 Å². The second-order valence-electron chi connectivity index (χ2n) is 6.55. The smallest absolute Gasteiger partial charge is 0.250 e. The van der Waals surface area contributed by atoms with Gasteiger partial charge >= 0.3 is 0 Å². The Kier molecular flexibility index (Phi) is 7.43. The molecular weight excluding hydrogens is 409 g/mol. The van der Waals surface area contributed by atoms with Gasteiger partial charge in [0.25, 0.3) is 5.91 Å². The van der Waals surface area contributed by atoms with Crippen LogP contribution in [0, 0.1) is 11.2 Å². The van der Waals surface area contributed by atoms with Crippen molar-refractivity contribution in [2.24, 2.45) is 11.5 Å². The third-order valence-electron chi connectivity index (χ3n) is 4.04. The molecule has 2 rings (SSSR count). The summed E-state index contributed by atoms with van der Waals surface area (Å²) < 4.78 is 14.6. The summed E-state index contributed by atoms with van der Waals surface area (Å²) in [7, 11) is 0. The van der Waals surface area contributed by atoms with E-state index in [4.69, 9.17) is 16.9 Å². The van der Waals surface area contributed by atoms with Crippen molar-refractivity contribution >= 4 is 41.5 Å². The van der Waals surface area contributed by atoms with Gasteiger partial charge in [0, 0.05) is 12.1 Å². The van der Waals surface area contributed by atoms with Crippen molar-refractivity contribution < 1.29 is 19.1 Å². The van der Waals surface area contributed by atoms with Crippen LogP contribution in [-0.4, -0.2) is 28.7 Å². The van der Waals surface area contributed by atoms with Crippen LogP contribution in [-0.2, 0) is 11.2 Å². The molecule has 0 fully saturated rings. The Hall–Kier alpha value is -3.53. The molecule has 1 atom stereocenters. The summed E-state index contributed by atoms with van der Waals surface area (Å²) in [6.07, 6.45) is 1.53. The lowest BCUT2D eigenvalue weighted by molar-refractivity contribution is -0.118. The zero-order valence-corrected chi connectivity index (χ0v) is 17.0. The summed E-state index contributed by atoms with van der Waals surface area (Å²) >= 11 is 4.18. The van der Waals surface area contributed by atoms with Gasteiger partial charge in [-0.25, -0.2) is 4.39 Å². The third kappa shape index (κ3) is 6.24. The number of benzene rings is 2. The molecule has 0 bridgehead atoms. The predicted molar refractivity (Wildman–Crippen MR) is 117 cm³/mol. The fourth-order valence-corrected chi connectivity index (χ4v) is 2.96. The topological polar surface area (TPSA) is 154 Å². The van der Waals surface area contributed by atoms with Crippen molar-refractivity contribution in [3.8, 4) is 5.75 Å². The lowest BCUT2D eigenvalue weighted by Crippen LogP contribution is -2.37. The quantitative estimate of drug-likeness (QED) is 0.240. The number of phenolic OH excluding ortho intramolecular Hbond substituents is 1. The first-order valence-corrected chi connectivity index (χ1v) is 9.21. The van der Waals surface area contributed by atoms with Gasteiger partial charge in [0.05, 0.1) is 22.0 Å². The van der Waals surface area contributed by atoms with Gasteiger partial charge in [0.15, 0.2) is 0 Å². The monoisotopic (exact) mass is 431 g/mol. The maximum absolute atomic E-state index is 14.6. The lowest BCUT2D eigenvalue weighted by atomic mass is 10.0. The zero-order valence-electron chi connectivity index (χ0n) is 16.1. The van der Waals surface area contributed by atoms with E-state index in [2.05, 4.69) is 23.3 Å². The summed E-state index contributed by atoms with van der Waals surface area (Å²) in [5.74, 6) is -2.32. The number of nitrogens with one attached hydrogen (secondary N) is 3. The van der Waals surface area contributed by atoms with E-state index >= 15 is 0 Å². The lowest BCUT2D eigenvalue weighted by Gasteiger charge is -2.19. The van der Waals surface area contributed by atoms with Gasteiger partial charge in [0.1, 0.15) is 17.6 Å². The zero-order chi connectivity index (χ0) is 22.4. The summed E-state index contributed by atoms with van der Waals surface area (Å²) in [5, 5.41) is 22.6. The van der Waals surface area contributed by atoms with Crippen LogP contribution in [0.1, 0.15) is 22.8 Å². The number of anilines is 2. The third-order valence-corrected chi connectivity index (χ3v) is 4.28. The number of hydrogen-bond donors (Lipinski definition) is 7. The minimum atomic E-state index is -0.967. The van der Waals surface area contributed by atoms with Crippen molar-refractivity contribution in [1.29, 1.82) is 5.41 Å².